The fourth-order valence-electron chi connectivity index (χ4n) is 2.15. The molecule has 5 nitrogen and oxygen atoms in total. The van der Waals surface area contributed by atoms with E-state index in [4.69, 9.17) is 4.84 Å². The van der Waals surface area contributed by atoms with E-state index in [2.05, 4.69) is 0 Å². The molecule has 0 radical (unpaired) electrons. The first kappa shape index (κ1) is 13.7. The Kier molecular flexibility index (Phi) is 4.29. The lowest BCUT2D eigenvalue weighted by molar-refractivity contribution is -0.151. The molecule has 0 unspecified atom stereocenters. The maximum absolute atomic E-state index is 12.1. The van der Waals surface area contributed by atoms with Gasteiger partial charge in [-0.15, -0.1) is 0 Å². The molecule has 0 N–H and O–H groups in total. The molecule has 2 amide bonds. The SMILES string of the molecule is CCON(CC)CCN1C(=O)c2ccccc2C1=O. The van der Waals surface area contributed by atoms with Crippen molar-refractivity contribution in [2.45, 2.75) is 13.8 Å². The van der Waals surface area contributed by atoms with E-state index in [9.17, 15) is 9.59 Å². The van der Waals surface area contributed by atoms with Crippen molar-refractivity contribution in [3.05, 3.63) is 35.4 Å². The van der Waals surface area contributed by atoms with Crippen molar-refractivity contribution in [3.63, 3.8) is 0 Å². The van der Waals surface area contributed by atoms with Crippen LogP contribution in [0.2, 0.25) is 0 Å². The van der Waals surface area contributed by atoms with Crippen molar-refractivity contribution >= 4 is 11.8 Å². The summed E-state index contributed by atoms with van der Waals surface area (Å²) in [5.41, 5.74) is 0.985. The summed E-state index contributed by atoms with van der Waals surface area (Å²) in [5.74, 6) is -0.429. The molecule has 1 aliphatic rings. The van der Waals surface area contributed by atoms with Crippen molar-refractivity contribution in [2.75, 3.05) is 26.2 Å². The molecule has 19 heavy (non-hydrogen) atoms. The molecular weight excluding hydrogens is 244 g/mol. The standard InChI is InChI=1S/C14H18N2O3/c1-3-15(19-4-2)9-10-16-13(17)11-7-5-6-8-12(11)14(16)18/h5-8H,3-4,9-10H2,1-2H3. The maximum Gasteiger partial charge on any atom is 0.261 e. The third-order valence-corrected chi connectivity index (χ3v) is 3.12. The van der Waals surface area contributed by atoms with Crippen LogP contribution in [0.3, 0.4) is 0 Å². The molecule has 1 aromatic carbocycles. The van der Waals surface area contributed by atoms with E-state index in [0.29, 0.717) is 30.8 Å². The minimum absolute atomic E-state index is 0.215. The van der Waals surface area contributed by atoms with Crippen molar-refractivity contribution in [1.29, 1.82) is 0 Å². The zero-order chi connectivity index (χ0) is 13.8. The third kappa shape index (κ3) is 2.67. The molecule has 1 aromatic rings. The van der Waals surface area contributed by atoms with Crippen molar-refractivity contribution in [1.82, 2.24) is 9.96 Å². The van der Waals surface area contributed by atoms with Crippen LogP contribution in [0.25, 0.3) is 0 Å². The van der Waals surface area contributed by atoms with E-state index in [-0.39, 0.29) is 11.8 Å². The molecule has 0 aromatic heterocycles. The van der Waals surface area contributed by atoms with E-state index in [0.717, 1.165) is 6.54 Å². The monoisotopic (exact) mass is 262 g/mol. The summed E-state index contributed by atoms with van der Waals surface area (Å²) < 4.78 is 0. The van der Waals surface area contributed by atoms with Gasteiger partial charge in [0.15, 0.2) is 0 Å². The van der Waals surface area contributed by atoms with Crippen molar-refractivity contribution in [3.8, 4) is 0 Å². The lowest BCUT2D eigenvalue weighted by Crippen LogP contribution is -2.38. The molecule has 1 heterocycles. The number of likely N-dealkylation sites (N-methyl/N-ethyl adjacent to an activating group) is 1. The number of benzene rings is 1. The van der Waals surface area contributed by atoms with Crippen molar-refractivity contribution < 1.29 is 14.4 Å². The minimum Gasteiger partial charge on any atom is -0.299 e. The number of imide groups is 1. The van der Waals surface area contributed by atoms with Crippen LogP contribution in [0.15, 0.2) is 24.3 Å². The van der Waals surface area contributed by atoms with Gasteiger partial charge in [0, 0.05) is 19.6 Å². The van der Waals surface area contributed by atoms with E-state index < -0.39 is 0 Å². The van der Waals surface area contributed by atoms with Crippen LogP contribution < -0.4 is 0 Å². The van der Waals surface area contributed by atoms with E-state index in [1.807, 2.05) is 13.8 Å². The Morgan fingerprint density at radius 1 is 1.11 bits per heavy atom. The largest absolute Gasteiger partial charge is 0.299 e. The fourth-order valence-corrected chi connectivity index (χ4v) is 2.15. The normalized spacial score (nSPS) is 14.4. The predicted molar refractivity (Wildman–Crippen MR) is 70.7 cm³/mol. The fraction of sp³-hybridized carbons (Fsp3) is 0.429. The second-order valence-corrected chi connectivity index (χ2v) is 4.25. The van der Waals surface area contributed by atoms with E-state index >= 15 is 0 Å². The van der Waals surface area contributed by atoms with Gasteiger partial charge in [0.1, 0.15) is 0 Å². The number of hydrogen-bond acceptors (Lipinski definition) is 4. The number of amides is 2. The first-order valence-corrected chi connectivity index (χ1v) is 6.52. The van der Waals surface area contributed by atoms with Gasteiger partial charge in [-0.05, 0) is 19.1 Å². The van der Waals surface area contributed by atoms with Crippen molar-refractivity contribution in [2.24, 2.45) is 0 Å². The summed E-state index contributed by atoms with van der Waals surface area (Å²) >= 11 is 0. The van der Waals surface area contributed by atoms with Crippen LogP contribution in [0, 0.1) is 0 Å². The van der Waals surface area contributed by atoms with Gasteiger partial charge in [-0.25, -0.2) is 0 Å². The lowest BCUT2D eigenvalue weighted by Gasteiger charge is -2.22. The predicted octanol–water partition coefficient (Wildman–Crippen LogP) is 1.56. The third-order valence-electron chi connectivity index (χ3n) is 3.12. The van der Waals surface area contributed by atoms with E-state index in [1.165, 1.54) is 4.90 Å². The quantitative estimate of drug-likeness (QED) is 0.576. The highest BCUT2D eigenvalue weighted by molar-refractivity contribution is 6.21. The Bertz CT molecular complexity index is 452. The Hall–Kier alpha value is -1.72. The molecule has 0 saturated heterocycles. The van der Waals surface area contributed by atoms with Gasteiger partial charge < -0.3 is 0 Å². The highest BCUT2D eigenvalue weighted by Crippen LogP contribution is 2.21. The highest BCUT2D eigenvalue weighted by atomic mass is 16.7. The Morgan fingerprint density at radius 2 is 1.68 bits per heavy atom. The molecular formula is C14H18N2O3. The number of hydrogen-bond donors (Lipinski definition) is 0. The number of carbonyl (C=O) groups excluding carboxylic acids is 2. The van der Waals surface area contributed by atoms with Gasteiger partial charge in [-0.3, -0.25) is 19.3 Å². The van der Waals surface area contributed by atoms with Gasteiger partial charge >= 0.3 is 0 Å². The van der Waals surface area contributed by atoms with Gasteiger partial charge in [0.05, 0.1) is 17.7 Å². The Balaban J connectivity index is 2.04. The molecule has 2 rings (SSSR count). The first-order chi connectivity index (χ1) is 9.19. The average Bonchev–Trinajstić information content (AvgIpc) is 2.68. The van der Waals surface area contributed by atoms with Gasteiger partial charge in [-0.2, -0.15) is 5.06 Å². The summed E-state index contributed by atoms with van der Waals surface area (Å²) in [5, 5.41) is 1.75. The minimum atomic E-state index is -0.215. The number of carbonyl (C=O) groups is 2. The summed E-state index contributed by atoms with van der Waals surface area (Å²) in [6.07, 6.45) is 0. The smallest absolute Gasteiger partial charge is 0.261 e. The number of fused-ring (bicyclic) bond motifs is 1. The summed E-state index contributed by atoms with van der Waals surface area (Å²) in [7, 11) is 0. The van der Waals surface area contributed by atoms with Crippen LogP contribution in [-0.2, 0) is 4.84 Å². The molecule has 1 aliphatic heterocycles. The topological polar surface area (TPSA) is 49.9 Å². The summed E-state index contributed by atoms with van der Waals surface area (Å²) in [6, 6.07) is 6.92. The van der Waals surface area contributed by atoms with Crippen LogP contribution in [-0.4, -0.2) is 48.0 Å². The highest BCUT2D eigenvalue weighted by Gasteiger charge is 2.34. The molecule has 0 atom stereocenters. The molecule has 0 saturated carbocycles. The summed E-state index contributed by atoms with van der Waals surface area (Å²) in [6.45, 7) is 6.05. The van der Waals surface area contributed by atoms with Gasteiger partial charge in [0.2, 0.25) is 0 Å². The lowest BCUT2D eigenvalue weighted by atomic mass is 10.1. The zero-order valence-electron chi connectivity index (χ0n) is 11.3. The Morgan fingerprint density at radius 3 is 2.16 bits per heavy atom. The number of hydroxylamine groups is 2. The molecule has 0 bridgehead atoms. The molecule has 0 fully saturated rings. The van der Waals surface area contributed by atoms with Gasteiger partial charge in [-0.1, -0.05) is 19.1 Å². The maximum atomic E-state index is 12.1. The number of nitrogens with zero attached hydrogens (tertiary/aromatic N) is 2. The summed E-state index contributed by atoms with van der Waals surface area (Å²) in [4.78, 5) is 30.9. The second kappa shape index (κ2) is 5.95. The molecule has 5 heteroatoms. The van der Waals surface area contributed by atoms with Crippen LogP contribution in [0.1, 0.15) is 34.6 Å². The Labute approximate surface area is 112 Å². The van der Waals surface area contributed by atoms with E-state index in [1.54, 1.807) is 29.3 Å². The second-order valence-electron chi connectivity index (χ2n) is 4.25. The molecule has 0 spiro atoms. The molecule has 102 valence electrons. The van der Waals surface area contributed by atoms with Crippen LogP contribution in [0.4, 0.5) is 0 Å². The van der Waals surface area contributed by atoms with Gasteiger partial charge in [0.25, 0.3) is 11.8 Å². The molecule has 0 aliphatic carbocycles. The first-order valence-electron chi connectivity index (χ1n) is 6.52. The number of rotatable bonds is 6. The van der Waals surface area contributed by atoms with Crippen LogP contribution >= 0.6 is 0 Å². The average molecular weight is 262 g/mol. The van der Waals surface area contributed by atoms with Crippen LogP contribution in [0.5, 0.6) is 0 Å². The zero-order valence-corrected chi connectivity index (χ0v) is 11.3.